The summed E-state index contributed by atoms with van der Waals surface area (Å²) in [6.45, 7) is 3.58. The molecule has 1 heterocycles. The molecule has 138 valence electrons. The molecular weight excluding hydrogens is 350 g/mol. The Morgan fingerprint density at radius 3 is 2.56 bits per heavy atom. The van der Waals surface area contributed by atoms with Crippen molar-refractivity contribution in [1.82, 2.24) is 0 Å². The van der Waals surface area contributed by atoms with E-state index in [1.54, 1.807) is 12.1 Å². The molecule has 0 spiro atoms. The zero-order valence-corrected chi connectivity index (χ0v) is 14.8. The van der Waals surface area contributed by atoms with Gasteiger partial charge in [-0.2, -0.15) is 0 Å². The summed E-state index contributed by atoms with van der Waals surface area (Å²) in [7, 11) is 0. The number of ether oxygens (including phenoxy) is 2. The highest BCUT2D eigenvalue weighted by molar-refractivity contribution is 5.95. The van der Waals surface area contributed by atoms with Crippen LogP contribution in [-0.2, 0) is 4.79 Å². The van der Waals surface area contributed by atoms with Crippen molar-refractivity contribution in [3.05, 3.63) is 69.6 Å². The molecule has 0 saturated heterocycles. The minimum absolute atomic E-state index is 0.172. The van der Waals surface area contributed by atoms with Crippen LogP contribution in [0.25, 0.3) is 11.0 Å². The first-order valence-corrected chi connectivity index (χ1v) is 8.12. The fourth-order valence-electron chi connectivity index (χ4n) is 2.59. The highest BCUT2D eigenvalue weighted by Gasteiger charge is 2.12. The number of carbonyl (C=O) groups excluding carboxylic acids is 2. The lowest BCUT2D eigenvalue weighted by atomic mass is 10.1. The second-order valence-electron chi connectivity index (χ2n) is 6.04. The van der Waals surface area contributed by atoms with E-state index in [1.807, 2.05) is 26.0 Å². The van der Waals surface area contributed by atoms with Gasteiger partial charge in [-0.15, -0.1) is 0 Å². The SMILES string of the molecule is Cc1ccc(OCC(=O)Oc2ccc3cc(C(N)=O)c(=O)oc3c2)c(C)c1. The van der Waals surface area contributed by atoms with Crippen LogP contribution in [0.3, 0.4) is 0 Å². The monoisotopic (exact) mass is 367 g/mol. The molecule has 0 aliphatic heterocycles. The van der Waals surface area contributed by atoms with Crippen LogP contribution in [0, 0.1) is 13.8 Å². The normalized spacial score (nSPS) is 10.6. The number of aryl methyl sites for hydroxylation is 2. The fourth-order valence-corrected chi connectivity index (χ4v) is 2.59. The Kier molecular flexibility index (Phi) is 4.94. The van der Waals surface area contributed by atoms with E-state index >= 15 is 0 Å². The molecule has 3 rings (SSSR count). The molecule has 0 atom stereocenters. The van der Waals surface area contributed by atoms with Gasteiger partial charge in [0, 0.05) is 11.5 Å². The zero-order valence-electron chi connectivity index (χ0n) is 14.8. The smallest absolute Gasteiger partial charge is 0.349 e. The van der Waals surface area contributed by atoms with Crippen molar-refractivity contribution in [2.45, 2.75) is 13.8 Å². The minimum atomic E-state index is -0.871. The van der Waals surface area contributed by atoms with E-state index in [-0.39, 0.29) is 23.5 Å². The fraction of sp³-hybridized carbons (Fsp3) is 0.150. The first-order chi connectivity index (χ1) is 12.8. The lowest BCUT2D eigenvalue weighted by Crippen LogP contribution is -2.20. The molecule has 0 unspecified atom stereocenters. The third kappa shape index (κ3) is 4.14. The Morgan fingerprint density at radius 2 is 1.85 bits per heavy atom. The van der Waals surface area contributed by atoms with Crippen molar-refractivity contribution in [2.75, 3.05) is 6.61 Å². The maximum Gasteiger partial charge on any atom is 0.349 e. The Hall–Kier alpha value is -3.61. The summed E-state index contributed by atoms with van der Waals surface area (Å²) >= 11 is 0. The van der Waals surface area contributed by atoms with Crippen molar-refractivity contribution in [3.8, 4) is 11.5 Å². The maximum atomic E-state index is 12.0. The number of hydrogen-bond donors (Lipinski definition) is 1. The molecule has 1 aromatic heterocycles. The summed E-state index contributed by atoms with van der Waals surface area (Å²) in [5.41, 5.74) is 6.21. The van der Waals surface area contributed by atoms with Crippen molar-refractivity contribution < 1.29 is 23.5 Å². The highest BCUT2D eigenvalue weighted by Crippen LogP contribution is 2.21. The van der Waals surface area contributed by atoms with Crippen LogP contribution < -0.4 is 20.8 Å². The van der Waals surface area contributed by atoms with Crippen LogP contribution in [0.1, 0.15) is 21.5 Å². The molecule has 2 aromatic carbocycles. The van der Waals surface area contributed by atoms with Crippen LogP contribution in [0.5, 0.6) is 11.5 Å². The number of primary amides is 1. The Bertz CT molecular complexity index is 1100. The molecule has 7 heteroatoms. The number of carbonyl (C=O) groups is 2. The third-order valence-corrected chi connectivity index (χ3v) is 3.88. The number of hydrogen-bond acceptors (Lipinski definition) is 6. The van der Waals surface area contributed by atoms with Gasteiger partial charge in [-0.25, -0.2) is 9.59 Å². The number of rotatable bonds is 5. The topological polar surface area (TPSA) is 109 Å². The number of nitrogens with two attached hydrogens (primary N) is 1. The van der Waals surface area contributed by atoms with E-state index in [4.69, 9.17) is 19.6 Å². The quantitative estimate of drug-likeness (QED) is 0.422. The van der Waals surface area contributed by atoms with E-state index in [1.165, 1.54) is 18.2 Å². The molecule has 0 radical (unpaired) electrons. The molecule has 7 nitrogen and oxygen atoms in total. The van der Waals surface area contributed by atoms with Crippen LogP contribution in [0.4, 0.5) is 0 Å². The van der Waals surface area contributed by atoms with Gasteiger partial charge in [0.05, 0.1) is 0 Å². The molecule has 2 N–H and O–H groups in total. The van der Waals surface area contributed by atoms with Gasteiger partial charge in [0.1, 0.15) is 22.6 Å². The summed E-state index contributed by atoms with van der Waals surface area (Å²) < 4.78 is 15.7. The first-order valence-electron chi connectivity index (χ1n) is 8.12. The molecule has 0 bridgehead atoms. The average molecular weight is 367 g/mol. The van der Waals surface area contributed by atoms with Crippen LogP contribution in [-0.4, -0.2) is 18.5 Å². The van der Waals surface area contributed by atoms with E-state index in [9.17, 15) is 14.4 Å². The van der Waals surface area contributed by atoms with Gasteiger partial charge in [0.15, 0.2) is 6.61 Å². The van der Waals surface area contributed by atoms with Gasteiger partial charge in [-0.1, -0.05) is 17.7 Å². The van der Waals surface area contributed by atoms with Gasteiger partial charge >= 0.3 is 11.6 Å². The van der Waals surface area contributed by atoms with Crippen LogP contribution in [0.2, 0.25) is 0 Å². The standard InChI is InChI=1S/C20H17NO6/c1-11-3-6-16(12(2)7-11)25-10-18(22)26-14-5-4-13-8-15(19(21)23)20(24)27-17(13)9-14/h3-9H,10H2,1-2H3,(H2,21,23). The van der Waals surface area contributed by atoms with E-state index in [0.717, 1.165) is 11.1 Å². The first kappa shape index (κ1) is 18.2. The highest BCUT2D eigenvalue weighted by atomic mass is 16.6. The predicted molar refractivity (Wildman–Crippen MR) is 98.0 cm³/mol. The zero-order chi connectivity index (χ0) is 19.6. The Balaban J connectivity index is 1.72. The molecular formula is C20H17NO6. The predicted octanol–water partition coefficient (Wildman–Crippen LogP) is 2.49. The molecule has 0 saturated carbocycles. The lowest BCUT2D eigenvalue weighted by molar-refractivity contribution is -0.136. The molecule has 27 heavy (non-hydrogen) atoms. The van der Waals surface area contributed by atoms with Gasteiger partial charge < -0.3 is 19.6 Å². The van der Waals surface area contributed by atoms with Gasteiger partial charge in [0.25, 0.3) is 5.91 Å². The number of amides is 1. The maximum absolute atomic E-state index is 12.0. The number of esters is 1. The van der Waals surface area contributed by atoms with Gasteiger partial charge in [0.2, 0.25) is 0 Å². The van der Waals surface area contributed by atoms with Gasteiger partial charge in [-0.3, -0.25) is 4.79 Å². The van der Waals surface area contributed by atoms with E-state index < -0.39 is 17.5 Å². The molecule has 0 aliphatic rings. The van der Waals surface area contributed by atoms with Crippen LogP contribution in [0.15, 0.2) is 51.7 Å². The Morgan fingerprint density at radius 1 is 1.07 bits per heavy atom. The third-order valence-electron chi connectivity index (χ3n) is 3.88. The van der Waals surface area contributed by atoms with Gasteiger partial charge in [-0.05, 0) is 43.7 Å². The number of fused-ring (bicyclic) bond motifs is 1. The summed E-state index contributed by atoms with van der Waals surface area (Å²) in [6, 6.07) is 11.4. The van der Waals surface area contributed by atoms with Crippen molar-refractivity contribution in [1.29, 1.82) is 0 Å². The largest absolute Gasteiger partial charge is 0.482 e. The van der Waals surface area contributed by atoms with E-state index in [0.29, 0.717) is 11.1 Å². The van der Waals surface area contributed by atoms with E-state index in [2.05, 4.69) is 0 Å². The van der Waals surface area contributed by atoms with Crippen LogP contribution >= 0.6 is 0 Å². The minimum Gasteiger partial charge on any atom is -0.482 e. The molecule has 0 aliphatic carbocycles. The molecule has 3 aromatic rings. The Labute approximate surface area is 154 Å². The molecule has 0 fully saturated rings. The molecule has 1 amide bonds. The summed E-state index contributed by atoms with van der Waals surface area (Å²) in [5, 5.41) is 0.481. The average Bonchev–Trinajstić information content (AvgIpc) is 2.60. The second kappa shape index (κ2) is 7.33. The van der Waals surface area contributed by atoms with Crippen molar-refractivity contribution >= 4 is 22.8 Å². The summed E-state index contributed by atoms with van der Waals surface area (Å²) in [6.07, 6.45) is 0. The van der Waals surface area contributed by atoms with Crippen molar-refractivity contribution in [3.63, 3.8) is 0 Å². The van der Waals surface area contributed by atoms with Crippen molar-refractivity contribution in [2.24, 2.45) is 5.73 Å². The second-order valence-corrected chi connectivity index (χ2v) is 6.04. The number of benzene rings is 2. The summed E-state index contributed by atoms with van der Waals surface area (Å²) in [4.78, 5) is 34.9. The lowest BCUT2D eigenvalue weighted by Gasteiger charge is -2.10. The summed E-state index contributed by atoms with van der Waals surface area (Å²) in [5.74, 6) is -0.692.